The molecule has 0 N–H and O–H groups in total. The molecule has 0 aromatic heterocycles. The molecule has 1 aliphatic carbocycles. The largest absolute Gasteiger partial charge is 0.466 e. The molecular weight excluding hydrogens is 272 g/mol. The van der Waals surface area contributed by atoms with Gasteiger partial charge >= 0.3 is 5.97 Å². The number of benzene rings is 1. The fourth-order valence-corrected chi connectivity index (χ4v) is 3.23. The predicted molar refractivity (Wildman–Crippen MR) is 90.7 cm³/mol. The molecule has 2 nitrogen and oxygen atoms in total. The van der Waals surface area contributed by atoms with Crippen LogP contribution in [0, 0.1) is 5.92 Å². The average Bonchev–Trinajstić information content (AvgIpc) is 2.74. The smallest absolute Gasteiger partial charge is 0.305 e. The van der Waals surface area contributed by atoms with Gasteiger partial charge in [0, 0.05) is 6.42 Å². The van der Waals surface area contributed by atoms with E-state index < -0.39 is 0 Å². The summed E-state index contributed by atoms with van der Waals surface area (Å²) in [4.78, 5) is 11.4. The van der Waals surface area contributed by atoms with E-state index in [1.165, 1.54) is 37.7 Å². The topological polar surface area (TPSA) is 26.3 Å². The normalized spacial score (nSPS) is 18.4. The Morgan fingerprint density at radius 2 is 2.05 bits per heavy atom. The van der Waals surface area contributed by atoms with Gasteiger partial charge in [-0.3, -0.25) is 4.79 Å². The minimum atomic E-state index is -0.0568. The van der Waals surface area contributed by atoms with Crippen LogP contribution >= 0.6 is 0 Å². The molecule has 1 atom stereocenters. The van der Waals surface area contributed by atoms with Gasteiger partial charge in [0.2, 0.25) is 0 Å². The van der Waals surface area contributed by atoms with E-state index in [1.807, 2.05) is 6.92 Å². The standard InChI is InChI=1S/C20H28O2/c1-2-22-20(21)13-7-11-17-10-6-12-19(15-14-17)16-18-8-4-3-5-9-18/h3-5,8-10,19H,2,6-7,11-16H2,1H3. The summed E-state index contributed by atoms with van der Waals surface area (Å²) in [6.07, 6.45) is 11.1. The van der Waals surface area contributed by atoms with Crippen molar-refractivity contribution in [2.45, 2.75) is 58.3 Å². The van der Waals surface area contributed by atoms with E-state index in [4.69, 9.17) is 4.74 Å². The van der Waals surface area contributed by atoms with Crippen molar-refractivity contribution in [3.05, 3.63) is 47.5 Å². The van der Waals surface area contributed by atoms with Gasteiger partial charge in [-0.25, -0.2) is 0 Å². The van der Waals surface area contributed by atoms with Crippen LogP contribution in [-0.4, -0.2) is 12.6 Å². The van der Waals surface area contributed by atoms with Gasteiger partial charge in [-0.05, 0) is 63.4 Å². The lowest BCUT2D eigenvalue weighted by atomic mass is 9.91. The fourth-order valence-electron chi connectivity index (χ4n) is 3.23. The molecule has 0 radical (unpaired) electrons. The SMILES string of the molecule is CCOC(=O)CCCC1=CCCC(Cc2ccccc2)CC1. The van der Waals surface area contributed by atoms with Crippen molar-refractivity contribution >= 4 is 5.97 Å². The number of ether oxygens (including phenoxy) is 1. The number of carbonyl (C=O) groups excluding carboxylic acids is 1. The summed E-state index contributed by atoms with van der Waals surface area (Å²) in [6.45, 7) is 2.35. The van der Waals surface area contributed by atoms with E-state index in [0.29, 0.717) is 13.0 Å². The second-order valence-electron chi connectivity index (χ2n) is 6.19. The summed E-state index contributed by atoms with van der Waals surface area (Å²) in [6, 6.07) is 10.8. The minimum Gasteiger partial charge on any atom is -0.466 e. The lowest BCUT2D eigenvalue weighted by Gasteiger charge is -2.14. The van der Waals surface area contributed by atoms with Gasteiger partial charge < -0.3 is 4.74 Å². The van der Waals surface area contributed by atoms with Gasteiger partial charge in [0.1, 0.15) is 0 Å². The van der Waals surface area contributed by atoms with Gasteiger partial charge in [-0.15, -0.1) is 0 Å². The van der Waals surface area contributed by atoms with Gasteiger partial charge in [0.25, 0.3) is 0 Å². The third-order valence-electron chi connectivity index (χ3n) is 4.43. The third kappa shape index (κ3) is 6.05. The molecular formula is C20H28O2. The van der Waals surface area contributed by atoms with Crippen LogP contribution in [0.3, 0.4) is 0 Å². The minimum absolute atomic E-state index is 0.0568. The molecule has 2 heteroatoms. The zero-order chi connectivity index (χ0) is 15.6. The predicted octanol–water partition coefficient (Wildman–Crippen LogP) is 5.08. The van der Waals surface area contributed by atoms with Crippen LogP contribution < -0.4 is 0 Å². The van der Waals surface area contributed by atoms with E-state index in [2.05, 4.69) is 36.4 Å². The molecule has 0 saturated carbocycles. The first-order chi connectivity index (χ1) is 10.8. The first-order valence-electron chi connectivity index (χ1n) is 8.65. The maximum Gasteiger partial charge on any atom is 0.305 e. The zero-order valence-corrected chi connectivity index (χ0v) is 13.7. The molecule has 0 heterocycles. The molecule has 2 rings (SSSR count). The molecule has 0 fully saturated rings. The Balaban J connectivity index is 1.70. The highest BCUT2D eigenvalue weighted by Crippen LogP contribution is 2.28. The Kier molecular flexibility index (Phi) is 7.21. The number of rotatable bonds is 7. The quantitative estimate of drug-likeness (QED) is 0.518. The lowest BCUT2D eigenvalue weighted by Crippen LogP contribution is -2.04. The molecule has 120 valence electrons. The Labute approximate surface area is 134 Å². The first kappa shape index (κ1) is 16.8. The zero-order valence-electron chi connectivity index (χ0n) is 13.7. The second kappa shape index (κ2) is 9.45. The third-order valence-corrected chi connectivity index (χ3v) is 4.43. The van der Waals surface area contributed by atoms with Gasteiger partial charge in [0.15, 0.2) is 0 Å². The van der Waals surface area contributed by atoms with Crippen LogP contribution in [0.2, 0.25) is 0 Å². The highest BCUT2D eigenvalue weighted by Gasteiger charge is 2.14. The van der Waals surface area contributed by atoms with Gasteiger partial charge in [-0.2, -0.15) is 0 Å². The van der Waals surface area contributed by atoms with Crippen LogP contribution in [0.5, 0.6) is 0 Å². The molecule has 1 unspecified atom stereocenters. The fraction of sp³-hybridized carbons (Fsp3) is 0.550. The van der Waals surface area contributed by atoms with E-state index in [-0.39, 0.29) is 5.97 Å². The summed E-state index contributed by atoms with van der Waals surface area (Å²) in [7, 11) is 0. The summed E-state index contributed by atoms with van der Waals surface area (Å²) in [5.74, 6) is 0.736. The Bertz CT molecular complexity index is 476. The van der Waals surface area contributed by atoms with E-state index in [0.717, 1.165) is 18.8 Å². The average molecular weight is 300 g/mol. The molecule has 0 aliphatic heterocycles. The van der Waals surface area contributed by atoms with Crippen molar-refractivity contribution in [2.75, 3.05) is 6.61 Å². The highest BCUT2D eigenvalue weighted by molar-refractivity contribution is 5.69. The summed E-state index contributed by atoms with van der Waals surface area (Å²) < 4.78 is 4.98. The van der Waals surface area contributed by atoms with Crippen molar-refractivity contribution in [3.8, 4) is 0 Å². The summed E-state index contributed by atoms with van der Waals surface area (Å²) in [5, 5.41) is 0. The summed E-state index contributed by atoms with van der Waals surface area (Å²) >= 11 is 0. The number of carbonyl (C=O) groups is 1. The van der Waals surface area contributed by atoms with Crippen molar-refractivity contribution in [2.24, 2.45) is 5.92 Å². The Morgan fingerprint density at radius 3 is 2.82 bits per heavy atom. The van der Waals surface area contributed by atoms with Crippen LogP contribution in [0.1, 0.15) is 57.4 Å². The maximum absolute atomic E-state index is 11.4. The Hall–Kier alpha value is -1.57. The molecule has 0 spiro atoms. The number of hydrogen-bond acceptors (Lipinski definition) is 2. The van der Waals surface area contributed by atoms with Crippen LogP contribution in [-0.2, 0) is 16.0 Å². The van der Waals surface area contributed by atoms with Crippen LogP contribution in [0.4, 0.5) is 0 Å². The number of hydrogen-bond donors (Lipinski definition) is 0. The second-order valence-corrected chi connectivity index (χ2v) is 6.19. The summed E-state index contributed by atoms with van der Waals surface area (Å²) in [5.41, 5.74) is 3.00. The molecule has 1 aromatic rings. The molecule has 1 aliphatic rings. The van der Waals surface area contributed by atoms with Gasteiger partial charge in [-0.1, -0.05) is 42.0 Å². The van der Waals surface area contributed by atoms with E-state index in [1.54, 1.807) is 5.57 Å². The van der Waals surface area contributed by atoms with Crippen molar-refractivity contribution in [1.29, 1.82) is 0 Å². The van der Waals surface area contributed by atoms with E-state index >= 15 is 0 Å². The highest BCUT2D eigenvalue weighted by atomic mass is 16.5. The first-order valence-corrected chi connectivity index (χ1v) is 8.65. The van der Waals surface area contributed by atoms with Crippen LogP contribution in [0.25, 0.3) is 0 Å². The molecule has 0 saturated heterocycles. The number of esters is 1. The molecule has 22 heavy (non-hydrogen) atoms. The van der Waals surface area contributed by atoms with Crippen LogP contribution in [0.15, 0.2) is 42.0 Å². The maximum atomic E-state index is 11.4. The van der Waals surface area contributed by atoms with Crippen molar-refractivity contribution in [1.82, 2.24) is 0 Å². The Morgan fingerprint density at radius 1 is 1.23 bits per heavy atom. The molecule has 0 bridgehead atoms. The monoisotopic (exact) mass is 300 g/mol. The van der Waals surface area contributed by atoms with Crippen molar-refractivity contribution in [3.63, 3.8) is 0 Å². The van der Waals surface area contributed by atoms with Crippen molar-refractivity contribution < 1.29 is 9.53 Å². The van der Waals surface area contributed by atoms with E-state index in [9.17, 15) is 4.79 Å². The molecule has 0 amide bonds. The van der Waals surface area contributed by atoms with Gasteiger partial charge in [0.05, 0.1) is 6.61 Å². The molecule has 1 aromatic carbocycles. The lowest BCUT2D eigenvalue weighted by molar-refractivity contribution is -0.143. The number of allylic oxidation sites excluding steroid dienone is 2.